The average molecular weight is 327 g/mol. The van der Waals surface area contributed by atoms with Crippen LogP contribution in [-0.2, 0) is 29.7 Å². The fraction of sp³-hybridized carbons (Fsp3) is 0.455. The van der Waals surface area contributed by atoms with Gasteiger partial charge in [-0.25, -0.2) is 27.5 Å². The fourth-order valence-electron chi connectivity index (χ4n) is 2.18. The zero-order chi connectivity index (χ0) is 15.7. The summed E-state index contributed by atoms with van der Waals surface area (Å²) >= 11 is 0. The molecule has 0 fully saturated rings. The summed E-state index contributed by atoms with van der Waals surface area (Å²) in [7, 11) is -3.28. The lowest BCUT2D eigenvalue weighted by molar-refractivity contribution is 0.527. The first kappa shape index (κ1) is 14.8. The zero-order valence-corrected chi connectivity index (χ0v) is 12.6. The van der Waals surface area contributed by atoms with E-state index < -0.39 is 15.8 Å². The smallest absolute Gasteiger partial charge is 0.225 e. The van der Waals surface area contributed by atoms with Gasteiger partial charge in [-0.15, -0.1) is 10.2 Å². The van der Waals surface area contributed by atoms with E-state index in [0.717, 1.165) is 18.6 Å². The van der Waals surface area contributed by atoms with E-state index in [1.54, 1.807) is 0 Å². The van der Waals surface area contributed by atoms with Gasteiger partial charge < -0.3 is 9.47 Å². The van der Waals surface area contributed by atoms with Crippen molar-refractivity contribution in [2.24, 2.45) is 0 Å². The highest BCUT2D eigenvalue weighted by Crippen LogP contribution is 2.17. The van der Waals surface area contributed by atoms with Crippen molar-refractivity contribution in [2.45, 2.75) is 19.6 Å². The van der Waals surface area contributed by atoms with Crippen LogP contribution in [0.15, 0.2) is 12.4 Å². The van der Waals surface area contributed by atoms with Gasteiger partial charge >= 0.3 is 0 Å². The lowest BCUT2D eigenvalue weighted by Gasteiger charge is -2.27. The third kappa shape index (κ3) is 3.20. The van der Waals surface area contributed by atoms with Gasteiger partial charge in [0, 0.05) is 13.1 Å². The largest absolute Gasteiger partial charge is 0.331 e. The molecule has 0 aromatic carbocycles. The molecule has 0 spiro atoms. The van der Waals surface area contributed by atoms with E-state index in [9.17, 15) is 12.8 Å². The molecule has 1 N–H and O–H groups in total. The number of aromatic nitrogens is 5. The third-order valence-electron chi connectivity index (χ3n) is 3.21. The van der Waals surface area contributed by atoms with E-state index in [-0.39, 0.29) is 6.54 Å². The summed E-state index contributed by atoms with van der Waals surface area (Å²) in [6.45, 7) is 1.70. The summed E-state index contributed by atoms with van der Waals surface area (Å²) in [5, 5.41) is 8.06. The number of hydrogen-bond donors (Lipinski definition) is 1. The van der Waals surface area contributed by atoms with Crippen molar-refractivity contribution in [3.05, 3.63) is 29.9 Å². The normalized spacial score (nSPS) is 14.9. The highest BCUT2D eigenvalue weighted by Gasteiger charge is 2.23. The summed E-state index contributed by atoms with van der Waals surface area (Å²) in [5.41, 5.74) is 0. The topological polar surface area (TPSA) is 106 Å². The molecule has 11 heteroatoms. The number of hydrogen-bond acceptors (Lipinski definition) is 7. The Bertz CT molecular complexity index is 774. The van der Waals surface area contributed by atoms with Crippen LogP contribution in [0.4, 0.5) is 10.3 Å². The van der Waals surface area contributed by atoms with Crippen LogP contribution in [0, 0.1) is 5.82 Å². The first-order chi connectivity index (χ1) is 10.4. The van der Waals surface area contributed by atoms with E-state index in [4.69, 9.17) is 0 Å². The minimum absolute atomic E-state index is 0.0961. The molecule has 1 aliphatic heterocycles. The molecular weight excluding hydrogens is 313 g/mol. The number of anilines is 1. The van der Waals surface area contributed by atoms with Crippen LogP contribution in [0.3, 0.4) is 0 Å². The molecule has 1 aliphatic rings. The molecule has 0 aliphatic carbocycles. The van der Waals surface area contributed by atoms with Gasteiger partial charge in [0.05, 0.1) is 31.7 Å². The van der Waals surface area contributed by atoms with Crippen LogP contribution in [0.2, 0.25) is 0 Å². The van der Waals surface area contributed by atoms with Crippen molar-refractivity contribution < 1.29 is 12.8 Å². The summed E-state index contributed by atoms with van der Waals surface area (Å²) in [6.07, 6.45) is 3.32. The van der Waals surface area contributed by atoms with Gasteiger partial charge in [-0.2, -0.15) is 0 Å². The second-order valence-corrected chi connectivity index (χ2v) is 6.73. The summed E-state index contributed by atoms with van der Waals surface area (Å²) in [5.74, 6) is 1.18. The monoisotopic (exact) mass is 327 g/mol. The number of halogens is 1. The standard InChI is InChI=1S/C11H14FN7O2S/c1-22(20,21)15-6-9-16-17-10-7-18(2-3-19(9)10)11-13-4-8(12)5-14-11/h4-5,15H,2-3,6-7H2,1H3. The maximum absolute atomic E-state index is 12.9. The Labute approximate surface area is 126 Å². The maximum atomic E-state index is 12.9. The molecule has 3 heterocycles. The van der Waals surface area contributed by atoms with Gasteiger partial charge in [-0.05, 0) is 0 Å². The Morgan fingerprint density at radius 2 is 2.00 bits per heavy atom. The molecule has 0 bridgehead atoms. The van der Waals surface area contributed by atoms with E-state index in [2.05, 4.69) is 24.9 Å². The van der Waals surface area contributed by atoms with Crippen LogP contribution in [0.25, 0.3) is 0 Å². The second kappa shape index (κ2) is 5.57. The number of nitrogens with one attached hydrogen (secondary N) is 1. The maximum Gasteiger partial charge on any atom is 0.225 e. The SMILES string of the molecule is CS(=O)(=O)NCc1nnc2n1CCN(c1ncc(F)cn1)C2. The Morgan fingerprint density at radius 1 is 1.27 bits per heavy atom. The minimum atomic E-state index is -3.28. The van der Waals surface area contributed by atoms with Crippen LogP contribution in [-0.4, -0.2) is 46.0 Å². The molecule has 0 saturated carbocycles. The van der Waals surface area contributed by atoms with Gasteiger partial charge in [0.1, 0.15) is 5.82 Å². The Balaban J connectivity index is 1.74. The summed E-state index contributed by atoms with van der Waals surface area (Å²) in [4.78, 5) is 9.74. The van der Waals surface area contributed by atoms with Crippen LogP contribution in [0.5, 0.6) is 0 Å². The van der Waals surface area contributed by atoms with Crippen LogP contribution < -0.4 is 9.62 Å². The second-order valence-electron chi connectivity index (χ2n) is 4.90. The highest BCUT2D eigenvalue weighted by molar-refractivity contribution is 7.88. The van der Waals surface area contributed by atoms with Gasteiger partial charge in [0.2, 0.25) is 16.0 Å². The van der Waals surface area contributed by atoms with Crippen molar-refractivity contribution in [2.75, 3.05) is 17.7 Å². The van der Waals surface area contributed by atoms with Crippen molar-refractivity contribution >= 4 is 16.0 Å². The van der Waals surface area contributed by atoms with Gasteiger partial charge in [-0.3, -0.25) is 0 Å². The van der Waals surface area contributed by atoms with Crippen molar-refractivity contribution in [3.8, 4) is 0 Å². The fourth-order valence-corrected chi connectivity index (χ4v) is 2.58. The molecule has 0 unspecified atom stereocenters. The van der Waals surface area contributed by atoms with Gasteiger partial charge in [-0.1, -0.05) is 0 Å². The van der Waals surface area contributed by atoms with Crippen LogP contribution in [0.1, 0.15) is 11.6 Å². The van der Waals surface area contributed by atoms with E-state index in [1.165, 1.54) is 0 Å². The first-order valence-electron chi connectivity index (χ1n) is 6.50. The minimum Gasteiger partial charge on any atom is -0.331 e. The van der Waals surface area contributed by atoms with Gasteiger partial charge in [0.15, 0.2) is 11.6 Å². The highest BCUT2D eigenvalue weighted by atomic mass is 32.2. The van der Waals surface area contributed by atoms with Crippen molar-refractivity contribution in [3.63, 3.8) is 0 Å². The summed E-state index contributed by atoms with van der Waals surface area (Å²) in [6, 6.07) is 0. The Morgan fingerprint density at radius 3 is 2.68 bits per heavy atom. The van der Waals surface area contributed by atoms with Crippen molar-refractivity contribution in [1.82, 2.24) is 29.5 Å². The molecule has 9 nitrogen and oxygen atoms in total. The average Bonchev–Trinajstić information content (AvgIpc) is 2.87. The van der Waals surface area contributed by atoms with Crippen LogP contribution >= 0.6 is 0 Å². The van der Waals surface area contributed by atoms with Gasteiger partial charge in [0.25, 0.3) is 0 Å². The molecule has 2 aromatic heterocycles. The molecule has 2 aromatic rings. The van der Waals surface area contributed by atoms with E-state index in [1.807, 2.05) is 9.47 Å². The Hall–Kier alpha value is -2.14. The number of rotatable bonds is 4. The molecule has 22 heavy (non-hydrogen) atoms. The lowest BCUT2D eigenvalue weighted by Crippen LogP contribution is -2.36. The quantitative estimate of drug-likeness (QED) is 0.789. The summed E-state index contributed by atoms with van der Waals surface area (Å²) < 4.78 is 39.4. The first-order valence-corrected chi connectivity index (χ1v) is 8.39. The third-order valence-corrected chi connectivity index (χ3v) is 3.88. The number of fused-ring (bicyclic) bond motifs is 1. The number of nitrogens with zero attached hydrogens (tertiary/aromatic N) is 6. The molecule has 3 rings (SSSR count). The van der Waals surface area contributed by atoms with E-state index >= 15 is 0 Å². The molecule has 118 valence electrons. The molecular formula is C11H14FN7O2S. The lowest BCUT2D eigenvalue weighted by atomic mass is 10.3. The van der Waals surface area contributed by atoms with Crippen molar-refractivity contribution in [1.29, 1.82) is 0 Å². The predicted octanol–water partition coefficient (Wildman–Crippen LogP) is -0.723. The number of sulfonamides is 1. The zero-order valence-electron chi connectivity index (χ0n) is 11.8. The molecule has 0 amide bonds. The molecule has 0 saturated heterocycles. The predicted molar refractivity (Wildman–Crippen MR) is 74.7 cm³/mol. The Kier molecular flexibility index (Phi) is 3.74. The molecule has 0 radical (unpaired) electrons. The van der Waals surface area contributed by atoms with E-state index in [0.29, 0.717) is 37.2 Å². The molecule has 0 atom stereocenters.